The topological polar surface area (TPSA) is 38.7 Å². The zero-order valence-electron chi connectivity index (χ0n) is 10.8. The molecule has 2 fully saturated rings. The Morgan fingerprint density at radius 3 is 2.35 bits per heavy atom. The molecule has 0 unspecified atom stereocenters. The van der Waals surface area contributed by atoms with Gasteiger partial charge in [-0.1, -0.05) is 0 Å². The minimum Gasteiger partial charge on any atom is -0.389 e. The number of hydrogen-bond donors (Lipinski definition) is 2. The van der Waals surface area contributed by atoms with Crippen LogP contribution in [0.1, 0.15) is 26.7 Å². The van der Waals surface area contributed by atoms with Crippen LogP contribution in [0.3, 0.4) is 0 Å². The van der Waals surface area contributed by atoms with Crippen LogP contribution in [0, 0.1) is 0 Å². The molecule has 5 heteroatoms. The molecule has 1 aliphatic heterocycles. The van der Waals surface area contributed by atoms with E-state index in [1.807, 2.05) is 13.8 Å². The summed E-state index contributed by atoms with van der Waals surface area (Å²) in [6.07, 6.45) is 2.53. The Bertz CT molecular complexity index is 278. The lowest BCUT2D eigenvalue weighted by Crippen LogP contribution is -2.54. The van der Waals surface area contributed by atoms with Crippen molar-refractivity contribution in [3.05, 3.63) is 0 Å². The largest absolute Gasteiger partial charge is 0.389 e. The molecule has 1 saturated carbocycles. The monoisotopic (exact) mass is 257 g/mol. The highest BCUT2D eigenvalue weighted by Crippen LogP contribution is 2.19. The summed E-state index contributed by atoms with van der Waals surface area (Å²) in [5.74, 6) is 0. The fourth-order valence-electron chi connectivity index (χ4n) is 2.15. The molecule has 2 aliphatic rings. The number of nitrogens with one attached hydrogen (secondary N) is 1. The van der Waals surface area contributed by atoms with Crippen LogP contribution in [-0.4, -0.2) is 64.4 Å². The van der Waals surface area contributed by atoms with Crippen molar-refractivity contribution in [3.8, 4) is 0 Å². The summed E-state index contributed by atoms with van der Waals surface area (Å²) in [5.41, 5.74) is -0.602. The summed E-state index contributed by atoms with van der Waals surface area (Å²) in [6, 6.07) is 0.636. The summed E-state index contributed by atoms with van der Waals surface area (Å²) in [6.45, 7) is 8.36. The fourth-order valence-corrected chi connectivity index (χ4v) is 2.50. The Labute approximate surface area is 109 Å². The van der Waals surface area contributed by atoms with Crippen molar-refractivity contribution < 1.29 is 5.11 Å². The molecule has 2 N–H and O–H groups in total. The molecule has 0 aromatic rings. The van der Waals surface area contributed by atoms with Crippen molar-refractivity contribution in [2.24, 2.45) is 0 Å². The first-order chi connectivity index (χ1) is 7.94. The predicted molar refractivity (Wildman–Crippen MR) is 73.1 cm³/mol. The van der Waals surface area contributed by atoms with Gasteiger partial charge in [0.1, 0.15) is 0 Å². The van der Waals surface area contributed by atoms with E-state index in [2.05, 4.69) is 15.1 Å². The van der Waals surface area contributed by atoms with Gasteiger partial charge in [0.2, 0.25) is 0 Å². The van der Waals surface area contributed by atoms with E-state index < -0.39 is 5.60 Å². The Morgan fingerprint density at radius 1 is 1.29 bits per heavy atom. The number of thiocarbonyl (C=S) groups is 1. The molecule has 1 heterocycles. The SMILES string of the molecule is CC(C)(O)CN1CCN(C(=S)NC2CC2)CC1. The molecule has 98 valence electrons. The average molecular weight is 257 g/mol. The van der Waals surface area contributed by atoms with Gasteiger partial charge in [0.25, 0.3) is 0 Å². The van der Waals surface area contributed by atoms with Crippen LogP contribution in [-0.2, 0) is 0 Å². The molecule has 0 spiro atoms. The Hall–Kier alpha value is -0.390. The number of nitrogens with zero attached hydrogens (tertiary/aromatic N) is 2. The summed E-state index contributed by atoms with van der Waals surface area (Å²) in [7, 11) is 0. The summed E-state index contributed by atoms with van der Waals surface area (Å²) in [5, 5.41) is 14.1. The molecule has 0 atom stereocenters. The molecule has 0 aromatic carbocycles. The lowest BCUT2D eigenvalue weighted by atomic mass is 10.1. The van der Waals surface area contributed by atoms with Crippen LogP contribution in [0.2, 0.25) is 0 Å². The maximum atomic E-state index is 9.78. The van der Waals surface area contributed by atoms with Crippen molar-refractivity contribution in [1.29, 1.82) is 0 Å². The van der Waals surface area contributed by atoms with E-state index in [0.717, 1.165) is 37.8 Å². The van der Waals surface area contributed by atoms with Crippen molar-refractivity contribution >= 4 is 17.3 Å². The van der Waals surface area contributed by atoms with Gasteiger partial charge < -0.3 is 15.3 Å². The molecule has 17 heavy (non-hydrogen) atoms. The first-order valence-electron chi connectivity index (χ1n) is 6.44. The van der Waals surface area contributed by atoms with Crippen LogP contribution >= 0.6 is 12.2 Å². The number of rotatable bonds is 3. The van der Waals surface area contributed by atoms with Crippen molar-refractivity contribution in [1.82, 2.24) is 15.1 Å². The van der Waals surface area contributed by atoms with E-state index >= 15 is 0 Å². The van der Waals surface area contributed by atoms with Gasteiger partial charge in [-0.25, -0.2) is 0 Å². The molecule has 4 nitrogen and oxygen atoms in total. The normalized spacial score (nSPS) is 22.6. The number of hydrogen-bond acceptors (Lipinski definition) is 3. The maximum absolute atomic E-state index is 9.78. The third kappa shape index (κ3) is 4.41. The van der Waals surface area contributed by atoms with Gasteiger partial charge in [-0.05, 0) is 38.9 Å². The first kappa shape index (κ1) is 13.1. The Morgan fingerprint density at radius 2 is 1.88 bits per heavy atom. The lowest BCUT2D eigenvalue weighted by Gasteiger charge is -2.38. The number of aliphatic hydroxyl groups is 1. The van der Waals surface area contributed by atoms with Gasteiger partial charge >= 0.3 is 0 Å². The zero-order chi connectivity index (χ0) is 12.5. The predicted octanol–water partition coefficient (Wildman–Crippen LogP) is 0.412. The van der Waals surface area contributed by atoms with E-state index in [1.165, 1.54) is 12.8 Å². The average Bonchev–Trinajstić information content (AvgIpc) is 3.00. The van der Waals surface area contributed by atoms with E-state index in [0.29, 0.717) is 6.04 Å². The molecule has 2 rings (SSSR count). The van der Waals surface area contributed by atoms with E-state index in [9.17, 15) is 5.11 Å². The van der Waals surface area contributed by atoms with Gasteiger partial charge in [0.05, 0.1) is 5.60 Å². The lowest BCUT2D eigenvalue weighted by molar-refractivity contribution is 0.0251. The van der Waals surface area contributed by atoms with E-state index in [1.54, 1.807) is 0 Å². The molecular weight excluding hydrogens is 234 g/mol. The van der Waals surface area contributed by atoms with Gasteiger partial charge in [-0.15, -0.1) is 0 Å². The van der Waals surface area contributed by atoms with Crippen LogP contribution in [0.15, 0.2) is 0 Å². The minimum atomic E-state index is -0.602. The third-order valence-electron chi connectivity index (χ3n) is 3.17. The molecule has 0 aromatic heterocycles. The summed E-state index contributed by atoms with van der Waals surface area (Å²) >= 11 is 5.39. The number of piperazine rings is 1. The summed E-state index contributed by atoms with van der Waals surface area (Å²) < 4.78 is 0. The molecule has 0 radical (unpaired) electrons. The van der Waals surface area contributed by atoms with Gasteiger partial charge in [-0.3, -0.25) is 4.90 Å². The molecule has 1 aliphatic carbocycles. The molecular formula is C12H23N3OS. The first-order valence-corrected chi connectivity index (χ1v) is 6.85. The quantitative estimate of drug-likeness (QED) is 0.717. The van der Waals surface area contributed by atoms with E-state index in [-0.39, 0.29) is 0 Å². The van der Waals surface area contributed by atoms with Crippen molar-refractivity contribution in [2.45, 2.75) is 38.3 Å². The maximum Gasteiger partial charge on any atom is 0.169 e. The minimum absolute atomic E-state index is 0.602. The standard InChI is InChI=1S/C12H23N3OS/c1-12(2,16)9-14-5-7-15(8-6-14)11(17)13-10-3-4-10/h10,16H,3-9H2,1-2H3,(H,13,17). The van der Waals surface area contributed by atoms with Crippen molar-refractivity contribution in [2.75, 3.05) is 32.7 Å². The molecule has 0 amide bonds. The van der Waals surface area contributed by atoms with Crippen molar-refractivity contribution in [3.63, 3.8) is 0 Å². The molecule has 1 saturated heterocycles. The van der Waals surface area contributed by atoms with E-state index in [4.69, 9.17) is 12.2 Å². The van der Waals surface area contributed by atoms with Gasteiger partial charge in [0.15, 0.2) is 5.11 Å². The van der Waals surface area contributed by atoms with Crippen LogP contribution < -0.4 is 5.32 Å². The molecule has 0 bridgehead atoms. The second-order valence-electron chi connectivity index (χ2n) is 5.80. The van der Waals surface area contributed by atoms with Crippen LogP contribution in [0.5, 0.6) is 0 Å². The highest BCUT2D eigenvalue weighted by atomic mass is 32.1. The summed E-state index contributed by atoms with van der Waals surface area (Å²) in [4.78, 5) is 4.55. The fraction of sp³-hybridized carbons (Fsp3) is 0.917. The van der Waals surface area contributed by atoms with Crippen LogP contribution in [0.4, 0.5) is 0 Å². The second-order valence-corrected chi connectivity index (χ2v) is 6.19. The van der Waals surface area contributed by atoms with Gasteiger partial charge in [-0.2, -0.15) is 0 Å². The zero-order valence-corrected chi connectivity index (χ0v) is 11.6. The Kier molecular flexibility index (Phi) is 3.90. The highest BCUT2D eigenvalue weighted by molar-refractivity contribution is 7.80. The van der Waals surface area contributed by atoms with Gasteiger partial charge in [0, 0.05) is 38.8 Å². The highest BCUT2D eigenvalue weighted by Gasteiger charge is 2.27. The second kappa shape index (κ2) is 5.08. The third-order valence-corrected chi connectivity index (χ3v) is 3.55. The Balaban J connectivity index is 1.71. The smallest absolute Gasteiger partial charge is 0.169 e. The van der Waals surface area contributed by atoms with Crippen LogP contribution in [0.25, 0.3) is 0 Å². The number of β-amino-alcohol motifs (C(OH)–C–C–N with tert-alkyl or cyclic N) is 1.